The Kier molecular flexibility index (Phi) is 2.89. The van der Waals surface area contributed by atoms with Gasteiger partial charge in [0.2, 0.25) is 5.91 Å². The molecule has 0 aromatic rings. The number of hydrogen-bond donors (Lipinski definition) is 2. The van der Waals surface area contributed by atoms with Gasteiger partial charge in [-0.3, -0.25) is 20.6 Å². The first-order valence-electron chi connectivity index (χ1n) is 3.85. The summed E-state index contributed by atoms with van der Waals surface area (Å²) in [4.78, 5) is 14.7. The molecule has 11 heavy (non-hydrogen) atoms. The van der Waals surface area contributed by atoms with Crippen molar-refractivity contribution >= 4 is 11.7 Å². The summed E-state index contributed by atoms with van der Waals surface area (Å²) in [6.07, 6.45) is 3.26. The third-order valence-electron chi connectivity index (χ3n) is 1.51. The van der Waals surface area contributed by atoms with Crippen molar-refractivity contribution in [3.63, 3.8) is 0 Å². The van der Waals surface area contributed by atoms with Gasteiger partial charge in [0, 0.05) is 19.9 Å². The molecule has 62 valence electrons. The highest BCUT2D eigenvalue weighted by molar-refractivity contribution is 5.85. The van der Waals surface area contributed by atoms with Crippen LogP contribution >= 0.6 is 0 Å². The minimum Gasteiger partial charge on any atom is -0.286 e. The number of carbonyl (C=O) groups excluding carboxylic acids is 1. The Morgan fingerprint density at radius 2 is 2.36 bits per heavy atom. The molecule has 0 aliphatic carbocycles. The number of amidine groups is 1. The molecule has 0 fully saturated rings. The Balaban J connectivity index is 2.24. The molecule has 1 aliphatic rings. The number of hydrogen-bond acceptors (Lipinski definition) is 3. The van der Waals surface area contributed by atoms with Gasteiger partial charge in [0.05, 0.1) is 0 Å². The highest BCUT2D eigenvalue weighted by atomic mass is 16.2. The third kappa shape index (κ3) is 3.02. The van der Waals surface area contributed by atoms with Gasteiger partial charge in [-0.25, -0.2) is 0 Å². The van der Waals surface area contributed by atoms with E-state index >= 15 is 0 Å². The maximum atomic E-state index is 10.5. The summed E-state index contributed by atoms with van der Waals surface area (Å²) in [5, 5.41) is 0. The summed E-state index contributed by atoms with van der Waals surface area (Å²) in [6, 6.07) is 0. The minimum absolute atomic E-state index is 0.0849. The van der Waals surface area contributed by atoms with E-state index in [1.807, 2.05) is 0 Å². The standard InChI is InChI=1S/C7H13N3O/c1-6(11)9-10-7-4-2-3-5-8-7/h2-5H2,1H3,(H,8,10)(H,9,11). The average molecular weight is 155 g/mol. The van der Waals surface area contributed by atoms with Crippen LogP contribution in [0.25, 0.3) is 0 Å². The molecule has 1 rings (SSSR count). The van der Waals surface area contributed by atoms with Crippen LogP contribution in [0.3, 0.4) is 0 Å². The van der Waals surface area contributed by atoms with Crippen LogP contribution in [0, 0.1) is 0 Å². The van der Waals surface area contributed by atoms with Gasteiger partial charge in [-0.05, 0) is 12.8 Å². The average Bonchev–Trinajstić information content (AvgIpc) is 2.03. The number of hydrazine groups is 1. The largest absolute Gasteiger partial charge is 0.286 e. The molecule has 0 radical (unpaired) electrons. The van der Waals surface area contributed by atoms with Crippen molar-refractivity contribution in [3.05, 3.63) is 0 Å². The van der Waals surface area contributed by atoms with Crippen molar-refractivity contribution in [3.8, 4) is 0 Å². The second-order valence-electron chi connectivity index (χ2n) is 2.59. The van der Waals surface area contributed by atoms with Crippen molar-refractivity contribution < 1.29 is 4.79 Å². The Morgan fingerprint density at radius 3 is 2.91 bits per heavy atom. The zero-order chi connectivity index (χ0) is 8.10. The Bertz CT molecular complexity index is 177. The van der Waals surface area contributed by atoms with Crippen LogP contribution in [0.5, 0.6) is 0 Å². The summed E-state index contributed by atoms with van der Waals surface area (Å²) in [7, 11) is 0. The maximum Gasteiger partial charge on any atom is 0.235 e. The minimum atomic E-state index is -0.0849. The molecule has 1 heterocycles. The molecular weight excluding hydrogens is 142 g/mol. The number of carbonyl (C=O) groups is 1. The SMILES string of the molecule is CC(=O)NNC1=NCCCC1. The molecule has 2 N–H and O–H groups in total. The quantitative estimate of drug-likeness (QED) is 0.491. The smallest absolute Gasteiger partial charge is 0.235 e. The van der Waals surface area contributed by atoms with E-state index in [4.69, 9.17) is 0 Å². The molecule has 0 saturated heterocycles. The normalized spacial score (nSPS) is 17.0. The monoisotopic (exact) mass is 155 g/mol. The number of amides is 1. The van der Waals surface area contributed by atoms with Gasteiger partial charge in [0.15, 0.2) is 0 Å². The lowest BCUT2D eigenvalue weighted by atomic mass is 10.2. The number of aliphatic imine (C=N–C) groups is 1. The Morgan fingerprint density at radius 1 is 1.55 bits per heavy atom. The van der Waals surface area contributed by atoms with E-state index in [9.17, 15) is 4.79 Å². The predicted molar refractivity (Wildman–Crippen MR) is 43.1 cm³/mol. The van der Waals surface area contributed by atoms with Crippen LogP contribution in [-0.4, -0.2) is 18.3 Å². The van der Waals surface area contributed by atoms with Crippen LogP contribution in [0.15, 0.2) is 4.99 Å². The van der Waals surface area contributed by atoms with Crippen molar-refractivity contribution in [2.45, 2.75) is 26.2 Å². The molecule has 0 atom stereocenters. The molecule has 4 heteroatoms. The second-order valence-corrected chi connectivity index (χ2v) is 2.59. The highest BCUT2D eigenvalue weighted by Crippen LogP contribution is 2.02. The Hall–Kier alpha value is -1.06. The molecule has 0 saturated carbocycles. The summed E-state index contributed by atoms with van der Waals surface area (Å²) < 4.78 is 0. The van der Waals surface area contributed by atoms with Gasteiger partial charge in [0.25, 0.3) is 0 Å². The van der Waals surface area contributed by atoms with Gasteiger partial charge in [0.1, 0.15) is 5.84 Å². The van der Waals surface area contributed by atoms with Crippen molar-refractivity contribution in [1.82, 2.24) is 10.9 Å². The molecule has 0 spiro atoms. The van der Waals surface area contributed by atoms with E-state index in [0.717, 1.165) is 31.6 Å². The van der Waals surface area contributed by atoms with E-state index < -0.39 is 0 Å². The molecule has 4 nitrogen and oxygen atoms in total. The van der Waals surface area contributed by atoms with Gasteiger partial charge >= 0.3 is 0 Å². The first kappa shape index (κ1) is 8.04. The van der Waals surface area contributed by atoms with E-state index in [1.165, 1.54) is 6.92 Å². The molecule has 0 aromatic carbocycles. The van der Waals surface area contributed by atoms with Crippen LogP contribution in [0.2, 0.25) is 0 Å². The molecule has 1 aliphatic heterocycles. The number of nitrogens with one attached hydrogen (secondary N) is 2. The zero-order valence-corrected chi connectivity index (χ0v) is 6.68. The van der Waals surface area contributed by atoms with Crippen LogP contribution < -0.4 is 10.9 Å². The number of nitrogens with zero attached hydrogens (tertiary/aromatic N) is 1. The predicted octanol–water partition coefficient (Wildman–Crippen LogP) is 0.209. The van der Waals surface area contributed by atoms with Crippen LogP contribution in [-0.2, 0) is 4.79 Å². The summed E-state index contributed by atoms with van der Waals surface area (Å²) in [5.74, 6) is 0.810. The molecule has 0 aromatic heterocycles. The first-order chi connectivity index (χ1) is 5.29. The second kappa shape index (κ2) is 3.95. The molecular formula is C7H13N3O. The van der Waals surface area contributed by atoms with Crippen LogP contribution in [0.4, 0.5) is 0 Å². The zero-order valence-electron chi connectivity index (χ0n) is 6.68. The van der Waals surface area contributed by atoms with Crippen molar-refractivity contribution in [2.24, 2.45) is 4.99 Å². The fraction of sp³-hybridized carbons (Fsp3) is 0.714. The lowest BCUT2D eigenvalue weighted by Gasteiger charge is -2.13. The van der Waals surface area contributed by atoms with E-state index in [0.29, 0.717) is 0 Å². The topological polar surface area (TPSA) is 53.5 Å². The van der Waals surface area contributed by atoms with Gasteiger partial charge in [-0.15, -0.1) is 0 Å². The van der Waals surface area contributed by atoms with Gasteiger partial charge in [-0.1, -0.05) is 0 Å². The van der Waals surface area contributed by atoms with Crippen molar-refractivity contribution in [2.75, 3.05) is 6.54 Å². The highest BCUT2D eigenvalue weighted by Gasteiger charge is 2.03. The summed E-state index contributed by atoms with van der Waals surface area (Å²) in [6.45, 7) is 2.35. The van der Waals surface area contributed by atoms with Crippen LogP contribution in [0.1, 0.15) is 26.2 Å². The van der Waals surface area contributed by atoms with E-state index in [2.05, 4.69) is 15.8 Å². The Labute approximate surface area is 66.0 Å². The third-order valence-corrected chi connectivity index (χ3v) is 1.51. The lowest BCUT2D eigenvalue weighted by Crippen LogP contribution is -2.41. The van der Waals surface area contributed by atoms with Gasteiger partial charge in [-0.2, -0.15) is 0 Å². The van der Waals surface area contributed by atoms with Gasteiger partial charge < -0.3 is 0 Å². The fourth-order valence-corrected chi connectivity index (χ4v) is 0.960. The summed E-state index contributed by atoms with van der Waals surface area (Å²) in [5.41, 5.74) is 5.27. The molecule has 1 amide bonds. The lowest BCUT2D eigenvalue weighted by molar-refractivity contribution is -0.119. The number of rotatable bonds is 0. The molecule has 0 unspecified atom stereocenters. The van der Waals surface area contributed by atoms with E-state index in [1.54, 1.807) is 0 Å². The molecule has 0 bridgehead atoms. The van der Waals surface area contributed by atoms with E-state index in [-0.39, 0.29) is 5.91 Å². The summed E-state index contributed by atoms with van der Waals surface area (Å²) >= 11 is 0. The fourth-order valence-electron chi connectivity index (χ4n) is 0.960. The maximum absolute atomic E-state index is 10.5. The van der Waals surface area contributed by atoms with Crippen molar-refractivity contribution in [1.29, 1.82) is 0 Å². The first-order valence-corrected chi connectivity index (χ1v) is 3.85.